The maximum Gasteiger partial charge on any atom is 0.307 e. The van der Waals surface area contributed by atoms with Crippen molar-refractivity contribution < 1.29 is 23.1 Å². The zero-order valence-electron chi connectivity index (χ0n) is 9.77. The van der Waals surface area contributed by atoms with Crippen molar-refractivity contribution >= 4 is 5.97 Å². The second-order valence-electron chi connectivity index (χ2n) is 4.59. The molecule has 1 heterocycles. The van der Waals surface area contributed by atoms with Crippen molar-refractivity contribution in [2.75, 3.05) is 0 Å². The average molecular weight is 264 g/mol. The van der Waals surface area contributed by atoms with E-state index in [2.05, 4.69) is 0 Å². The molecule has 19 heavy (non-hydrogen) atoms. The number of hydrogen-bond acceptors (Lipinski definition) is 2. The van der Waals surface area contributed by atoms with Crippen LogP contribution in [0.5, 0.6) is 0 Å². The normalized spacial score (nSPS) is 21.4. The molecule has 1 aromatic heterocycles. The largest absolute Gasteiger partial charge is 0.481 e. The Balaban J connectivity index is 1.92. The molecule has 98 valence electrons. The Kier molecular flexibility index (Phi) is 2.62. The molecule has 3 nitrogen and oxygen atoms in total. The molecule has 1 saturated carbocycles. The first-order chi connectivity index (χ1) is 9.08. The highest BCUT2D eigenvalue weighted by molar-refractivity contribution is 5.75. The number of halogens is 2. The molecule has 0 amide bonds. The van der Waals surface area contributed by atoms with Crippen LogP contribution in [0, 0.1) is 17.6 Å². The summed E-state index contributed by atoms with van der Waals surface area (Å²) in [4.78, 5) is 10.8. The highest BCUT2D eigenvalue weighted by atomic mass is 19.1. The van der Waals surface area contributed by atoms with Gasteiger partial charge in [0.15, 0.2) is 0 Å². The number of carboxylic acid groups (broad SMARTS) is 1. The Hall–Kier alpha value is -2.17. The van der Waals surface area contributed by atoms with Crippen molar-refractivity contribution in [2.45, 2.75) is 12.3 Å². The summed E-state index contributed by atoms with van der Waals surface area (Å²) in [5, 5.41) is 8.84. The van der Waals surface area contributed by atoms with Gasteiger partial charge in [0.1, 0.15) is 23.2 Å². The van der Waals surface area contributed by atoms with Gasteiger partial charge in [-0.05, 0) is 30.7 Å². The number of rotatable bonds is 3. The molecule has 1 N–H and O–H groups in total. The van der Waals surface area contributed by atoms with Gasteiger partial charge < -0.3 is 9.52 Å². The van der Waals surface area contributed by atoms with Gasteiger partial charge in [0, 0.05) is 5.92 Å². The Morgan fingerprint density at radius 3 is 2.47 bits per heavy atom. The summed E-state index contributed by atoms with van der Waals surface area (Å²) in [6.45, 7) is 0. The minimum absolute atomic E-state index is 0.0849. The second kappa shape index (κ2) is 4.19. The summed E-state index contributed by atoms with van der Waals surface area (Å²) < 4.78 is 32.5. The van der Waals surface area contributed by atoms with Crippen molar-refractivity contribution in [3.8, 4) is 11.3 Å². The quantitative estimate of drug-likeness (QED) is 0.924. The lowest BCUT2D eigenvalue weighted by Crippen LogP contribution is -1.98. The lowest BCUT2D eigenvalue weighted by Gasteiger charge is -2.01. The van der Waals surface area contributed by atoms with Crippen LogP contribution in [-0.4, -0.2) is 11.1 Å². The highest BCUT2D eigenvalue weighted by Crippen LogP contribution is 2.48. The molecule has 2 atom stereocenters. The van der Waals surface area contributed by atoms with Crippen molar-refractivity contribution in [1.29, 1.82) is 0 Å². The molecular formula is C14H10F2O3. The fourth-order valence-corrected chi connectivity index (χ4v) is 2.20. The van der Waals surface area contributed by atoms with E-state index in [-0.39, 0.29) is 17.2 Å². The molecule has 0 aliphatic heterocycles. The summed E-state index contributed by atoms with van der Waals surface area (Å²) >= 11 is 0. The van der Waals surface area contributed by atoms with E-state index in [4.69, 9.17) is 9.52 Å². The average Bonchev–Trinajstić information content (AvgIpc) is 3.02. The lowest BCUT2D eigenvalue weighted by atomic mass is 10.1. The SMILES string of the molecule is O=C(O)C1CC1c1ccc(-c2c(F)cccc2F)o1. The zero-order valence-corrected chi connectivity index (χ0v) is 9.77. The summed E-state index contributed by atoms with van der Waals surface area (Å²) in [6, 6.07) is 6.62. The van der Waals surface area contributed by atoms with Gasteiger partial charge in [0.25, 0.3) is 0 Å². The van der Waals surface area contributed by atoms with Crippen molar-refractivity contribution in [1.82, 2.24) is 0 Å². The molecule has 2 aromatic rings. The molecule has 5 heteroatoms. The monoisotopic (exact) mass is 264 g/mol. The molecule has 2 unspecified atom stereocenters. The second-order valence-corrected chi connectivity index (χ2v) is 4.59. The molecule has 1 aliphatic rings. The van der Waals surface area contributed by atoms with Gasteiger partial charge in [-0.15, -0.1) is 0 Å². The number of carboxylic acids is 1. The van der Waals surface area contributed by atoms with Crippen LogP contribution in [0.2, 0.25) is 0 Å². The summed E-state index contributed by atoms with van der Waals surface area (Å²) in [5.74, 6) is -2.38. The van der Waals surface area contributed by atoms with Crippen LogP contribution in [0.4, 0.5) is 8.78 Å². The van der Waals surface area contributed by atoms with E-state index in [9.17, 15) is 13.6 Å². The standard InChI is InChI=1S/C14H10F2O3/c15-9-2-1-3-10(16)13(9)12-5-4-11(19-12)7-6-8(7)14(17)18/h1-5,7-8H,6H2,(H,17,18). The summed E-state index contributed by atoms with van der Waals surface area (Å²) in [7, 11) is 0. The van der Waals surface area contributed by atoms with Gasteiger partial charge in [0.2, 0.25) is 0 Å². The van der Waals surface area contributed by atoms with Crippen LogP contribution >= 0.6 is 0 Å². The predicted molar refractivity (Wildman–Crippen MR) is 62.5 cm³/mol. The van der Waals surface area contributed by atoms with Crippen LogP contribution in [0.25, 0.3) is 11.3 Å². The van der Waals surface area contributed by atoms with E-state index in [1.165, 1.54) is 12.1 Å². The summed E-state index contributed by atoms with van der Waals surface area (Å²) in [6.07, 6.45) is 0.502. The molecule has 3 rings (SSSR count). The third-order valence-corrected chi connectivity index (χ3v) is 3.31. The molecule has 0 bridgehead atoms. The predicted octanol–water partition coefficient (Wildman–Crippen LogP) is 3.41. The van der Waals surface area contributed by atoms with Gasteiger partial charge in [-0.2, -0.15) is 0 Å². The molecule has 0 saturated heterocycles. The fourth-order valence-electron chi connectivity index (χ4n) is 2.20. The van der Waals surface area contributed by atoms with E-state index in [0.717, 1.165) is 12.1 Å². The van der Waals surface area contributed by atoms with E-state index >= 15 is 0 Å². The van der Waals surface area contributed by atoms with Crippen LogP contribution in [0.3, 0.4) is 0 Å². The van der Waals surface area contributed by atoms with Gasteiger partial charge >= 0.3 is 5.97 Å². The minimum Gasteiger partial charge on any atom is -0.481 e. The Bertz CT molecular complexity index is 628. The third kappa shape index (κ3) is 2.01. The number of hydrogen-bond donors (Lipinski definition) is 1. The van der Waals surface area contributed by atoms with Gasteiger partial charge in [-0.3, -0.25) is 4.79 Å². The smallest absolute Gasteiger partial charge is 0.307 e. The first-order valence-corrected chi connectivity index (χ1v) is 5.85. The Morgan fingerprint density at radius 2 is 1.89 bits per heavy atom. The van der Waals surface area contributed by atoms with Gasteiger partial charge in [-0.1, -0.05) is 6.07 Å². The summed E-state index contributed by atoms with van der Waals surface area (Å²) in [5.41, 5.74) is -0.221. The maximum absolute atomic E-state index is 13.6. The molecule has 1 aliphatic carbocycles. The topological polar surface area (TPSA) is 50.4 Å². The van der Waals surface area contributed by atoms with E-state index in [1.54, 1.807) is 6.07 Å². The molecular weight excluding hydrogens is 254 g/mol. The van der Waals surface area contributed by atoms with Crippen LogP contribution < -0.4 is 0 Å². The molecule has 1 aromatic carbocycles. The first kappa shape index (κ1) is 11.9. The van der Waals surface area contributed by atoms with Crippen LogP contribution in [0.15, 0.2) is 34.7 Å². The van der Waals surface area contributed by atoms with Gasteiger partial charge in [0.05, 0.1) is 11.5 Å². The van der Waals surface area contributed by atoms with E-state index in [1.807, 2.05) is 0 Å². The van der Waals surface area contributed by atoms with E-state index in [0.29, 0.717) is 12.2 Å². The Morgan fingerprint density at radius 1 is 1.21 bits per heavy atom. The highest BCUT2D eigenvalue weighted by Gasteiger charge is 2.46. The molecule has 1 fully saturated rings. The number of aliphatic carboxylic acids is 1. The van der Waals surface area contributed by atoms with E-state index < -0.39 is 23.5 Å². The van der Waals surface area contributed by atoms with Crippen molar-refractivity contribution in [3.63, 3.8) is 0 Å². The maximum atomic E-state index is 13.6. The zero-order chi connectivity index (χ0) is 13.6. The minimum atomic E-state index is -0.875. The Labute approximate surface area is 107 Å². The first-order valence-electron chi connectivity index (χ1n) is 5.85. The van der Waals surface area contributed by atoms with Gasteiger partial charge in [-0.25, -0.2) is 8.78 Å². The van der Waals surface area contributed by atoms with Crippen LogP contribution in [-0.2, 0) is 4.79 Å². The molecule has 0 radical (unpaired) electrons. The fraction of sp³-hybridized carbons (Fsp3) is 0.214. The van der Waals surface area contributed by atoms with Crippen molar-refractivity contribution in [3.05, 3.63) is 47.7 Å². The molecule has 0 spiro atoms. The van der Waals surface area contributed by atoms with Crippen LogP contribution in [0.1, 0.15) is 18.1 Å². The number of furan rings is 1. The lowest BCUT2D eigenvalue weighted by molar-refractivity contribution is -0.138. The third-order valence-electron chi connectivity index (χ3n) is 3.31. The van der Waals surface area contributed by atoms with Crippen molar-refractivity contribution in [2.24, 2.45) is 5.92 Å². The number of carbonyl (C=O) groups is 1. The number of benzene rings is 1.